The summed E-state index contributed by atoms with van der Waals surface area (Å²) in [6.07, 6.45) is 4.02. The maximum absolute atomic E-state index is 11.2. The van der Waals surface area contributed by atoms with E-state index in [1.165, 1.54) is 7.11 Å². The van der Waals surface area contributed by atoms with Gasteiger partial charge in [-0.3, -0.25) is 4.79 Å². The Morgan fingerprint density at radius 3 is 2.31 bits per heavy atom. The van der Waals surface area contributed by atoms with Gasteiger partial charge in [-0.15, -0.1) is 0 Å². The number of ether oxygens (including phenoxy) is 1. The molecule has 1 rings (SSSR count). The van der Waals surface area contributed by atoms with Crippen LogP contribution < -0.4 is 5.73 Å². The maximum atomic E-state index is 11.2. The topological polar surface area (TPSA) is 52.3 Å². The molecule has 1 unspecified atom stereocenters. The van der Waals surface area contributed by atoms with E-state index in [9.17, 15) is 4.79 Å². The van der Waals surface area contributed by atoms with Crippen molar-refractivity contribution in [2.24, 2.45) is 17.6 Å². The van der Waals surface area contributed by atoms with E-state index in [0.717, 1.165) is 25.7 Å². The van der Waals surface area contributed by atoms with Gasteiger partial charge in [-0.25, -0.2) is 0 Å². The summed E-state index contributed by atoms with van der Waals surface area (Å²) in [4.78, 5) is 11.2. The fourth-order valence-corrected chi connectivity index (χ4v) is 2.05. The summed E-state index contributed by atoms with van der Waals surface area (Å²) in [5.74, 6) is 0.670. The molecule has 13 heavy (non-hydrogen) atoms. The summed E-state index contributed by atoms with van der Waals surface area (Å²) in [6, 6.07) is 0.263. The van der Waals surface area contributed by atoms with Crippen molar-refractivity contribution < 1.29 is 9.53 Å². The van der Waals surface area contributed by atoms with E-state index in [0.29, 0.717) is 5.92 Å². The SMILES string of the molecule is COC(=O)[C@H]1CC[C@H](C(C)N)CC1. The quantitative estimate of drug-likeness (QED) is 0.660. The monoisotopic (exact) mass is 185 g/mol. The summed E-state index contributed by atoms with van der Waals surface area (Å²) >= 11 is 0. The highest BCUT2D eigenvalue weighted by Crippen LogP contribution is 2.30. The highest BCUT2D eigenvalue weighted by atomic mass is 16.5. The van der Waals surface area contributed by atoms with Crippen LogP contribution in [0.5, 0.6) is 0 Å². The van der Waals surface area contributed by atoms with Crippen molar-refractivity contribution in [1.29, 1.82) is 0 Å². The molecule has 0 amide bonds. The first-order valence-corrected chi connectivity index (χ1v) is 4.98. The van der Waals surface area contributed by atoms with Gasteiger partial charge in [-0.05, 0) is 38.5 Å². The average Bonchev–Trinajstić information content (AvgIpc) is 2.17. The molecule has 76 valence electrons. The number of rotatable bonds is 2. The lowest BCUT2D eigenvalue weighted by atomic mass is 9.79. The molecule has 3 nitrogen and oxygen atoms in total. The highest BCUT2D eigenvalue weighted by Gasteiger charge is 2.28. The molecular weight excluding hydrogens is 166 g/mol. The summed E-state index contributed by atoms with van der Waals surface area (Å²) in [7, 11) is 1.46. The largest absolute Gasteiger partial charge is 0.469 e. The zero-order valence-corrected chi connectivity index (χ0v) is 8.45. The second-order valence-electron chi connectivity index (χ2n) is 3.99. The van der Waals surface area contributed by atoms with Crippen molar-refractivity contribution in [3.05, 3.63) is 0 Å². The molecule has 0 spiro atoms. The standard InChI is InChI=1S/C10H19NO2/c1-7(11)8-3-5-9(6-4-8)10(12)13-2/h7-9H,3-6,11H2,1-2H3/t7?,8-,9-. The van der Waals surface area contributed by atoms with Crippen LogP contribution in [0.1, 0.15) is 32.6 Å². The van der Waals surface area contributed by atoms with Crippen molar-refractivity contribution in [2.45, 2.75) is 38.6 Å². The third kappa shape index (κ3) is 2.69. The molecule has 0 saturated heterocycles. The Morgan fingerprint density at radius 2 is 1.92 bits per heavy atom. The summed E-state index contributed by atoms with van der Waals surface area (Å²) in [5, 5.41) is 0. The fraction of sp³-hybridized carbons (Fsp3) is 0.900. The molecule has 0 radical (unpaired) electrons. The van der Waals surface area contributed by atoms with Crippen LogP contribution in [-0.4, -0.2) is 19.1 Å². The van der Waals surface area contributed by atoms with Gasteiger partial charge < -0.3 is 10.5 Å². The third-order valence-corrected chi connectivity index (χ3v) is 3.05. The summed E-state index contributed by atoms with van der Waals surface area (Å²) in [6.45, 7) is 2.04. The van der Waals surface area contributed by atoms with Crippen LogP contribution in [-0.2, 0) is 9.53 Å². The van der Waals surface area contributed by atoms with Crippen molar-refractivity contribution in [3.8, 4) is 0 Å². The predicted octanol–water partition coefficient (Wildman–Crippen LogP) is 1.31. The van der Waals surface area contributed by atoms with E-state index >= 15 is 0 Å². The smallest absolute Gasteiger partial charge is 0.308 e. The molecule has 1 atom stereocenters. The minimum absolute atomic E-state index is 0.0527. The molecule has 0 aromatic carbocycles. The van der Waals surface area contributed by atoms with Gasteiger partial charge in [0.15, 0.2) is 0 Å². The lowest BCUT2D eigenvalue weighted by molar-refractivity contribution is -0.146. The minimum Gasteiger partial charge on any atom is -0.469 e. The van der Waals surface area contributed by atoms with Crippen molar-refractivity contribution >= 4 is 5.97 Å². The molecule has 3 heteroatoms. The van der Waals surface area contributed by atoms with Gasteiger partial charge in [0.2, 0.25) is 0 Å². The number of hydrogen-bond acceptors (Lipinski definition) is 3. The number of methoxy groups -OCH3 is 1. The number of carbonyl (C=O) groups is 1. The number of esters is 1. The van der Waals surface area contributed by atoms with Crippen LogP contribution in [0, 0.1) is 11.8 Å². The zero-order chi connectivity index (χ0) is 9.84. The van der Waals surface area contributed by atoms with Gasteiger partial charge in [-0.2, -0.15) is 0 Å². The first kappa shape index (κ1) is 10.5. The normalized spacial score (nSPS) is 31.0. The molecule has 0 heterocycles. The van der Waals surface area contributed by atoms with Crippen molar-refractivity contribution in [1.82, 2.24) is 0 Å². The Bertz CT molecular complexity index is 172. The predicted molar refractivity (Wildman–Crippen MR) is 51.1 cm³/mol. The highest BCUT2D eigenvalue weighted by molar-refractivity contribution is 5.72. The first-order chi connectivity index (χ1) is 6.15. The van der Waals surface area contributed by atoms with E-state index in [1.54, 1.807) is 0 Å². The Hall–Kier alpha value is -0.570. The Kier molecular flexibility index (Phi) is 3.72. The molecule has 1 aliphatic carbocycles. The number of nitrogens with two attached hydrogens (primary N) is 1. The van der Waals surface area contributed by atoms with E-state index in [4.69, 9.17) is 10.5 Å². The Labute approximate surface area is 79.6 Å². The van der Waals surface area contributed by atoms with Gasteiger partial charge in [0, 0.05) is 6.04 Å². The van der Waals surface area contributed by atoms with Crippen LogP contribution >= 0.6 is 0 Å². The Morgan fingerprint density at radius 1 is 1.38 bits per heavy atom. The van der Waals surface area contributed by atoms with Crippen LogP contribution in [0.25, 0.3) is 0 Å². The molecule has 0 aliphatic heterocycles. The van der Waals surface area contributed by atoms with Crippen LogP contribution in [0.2, 0.25) is 0 Å². The van der Waals surface area contributed by atoms with Crippen molar-refractivity contribution in [2.75, 3.05) is 7.11 Å². The molecule has 0 aromatic rings. The molecular formula is C10H19NO2. The third-order valence-electron chi connectivity index (χ3n) is 3.05. The molecule has 2 N–H and O–H groups in total. The van der Waals surface area contributed by atoms with Crippen LogP contribution in [0.15, 0.2) is 0 Å². The molecule has 0 aromatic heterocycles. The van der Waals surface area contributed by atoms with E-state index in [-0.39, 0.29) is 17.9 Å². The number of hydrogen-bond donors (Lipinski definition) is 1. The summed E-state index contributed by atoms with van der Waals surface area (Å²) in [5.41, 5.74) is 5.81. The number of carbonyl (C=O) groups excluding carboxylic acids is 1. The van der Waals surface area contributed by atoms with Crippen LogP contribution in [0.4, 0.5) is 0 Å². The average molecular weight is 185 g/mol. The first-order valence-electron chi connectivity index (χ1n) is 4.98. The van der Waals surface area contributed by atoms with Gasteiger partial charge >= 0.3 is 5.97 Å². The fourth-order valence-electron chi connectivity index (χ4n) is 2.05. The van der Waals surface area contributed by atoms with Gasteiger partial charge in [0.1, 0.15) is 0 Å². The lowest BCUT2D eigenvalue weighted by Crippen LogP contribution is -2.32. The van der Waals surface area contributed by atoms with Crippen molar-refractivity contribution in [3.63, 3.8) is 0 Å². The van der Waals surface area contributed by atoms with Gasteiger partial charge in [-0.1, -0.05) is 0 Å². The Balaban J connectivity index is 2.34. The minimum atomic E-state index is -0.0527. The van der Waals surface area contributed by atoms with E-state index in [1.807, 2.05) is 6.92 Å². The van der Waals surface area contributed by atoms with Gasteiger partial charge in [0.25, 0.3) is 0 Å². The van der Waals surface area contributed by atoms with E-state index in [2.05, 4.69) is 0 Å². The van der Waals surface area contributed by atoms with Gasteiger partial charge in [0.05, 0.1) is 13.0 Å². The van der Waals surface area contributed by atoms with E-state index < -0.39 is 0 Å². The van der Waals surface area contributed by atoms with Crippen LogP contribution in [0.3, 0.4) is 0 Å². The molecule has 0 bridgehead atoms. The molecule has 1 aliphatic rings. The lowest BCUT2D eigenvalue weighted by Gasteiger charge is -2.29. The molecule has 1 saturated carbocycles. The second-order valence-corrected chi connectivity index (χ2v) is 3.99. The molecule has 1 fully saturated rings. The second kappa shape index (κ2) is 4.61. The summed E-state index contributed by atoms with van der Waals surface area (Å²) < 4.78 is 4.72. The zero-order valence-electron chi connectivity index (χ0n) is 8.45. The maximum Gasteiger partial charge on any atom is 0.308 e.